The number of carbonyl (C=O) groups excluding carboxylic acids is 1. The van der Waals surface area contributed by atoms with Crippen LogP contribution in [0.25, 0.3) is 0 Å². The van der Waals surface area contributed by atoms with Crippen LogP contribution in [-0.4, -0.2) is 48.3 Å². The van der Waals surface area contributed by atoms with Crippen molar-refractivity contribution >= 4 is 11.7 Å². The number of amides is 1. The highest BCUT2D eigenvalue weighted by Gasteiger charge is 2.28. The Morgan fingerprint density at radius 1 is 1.33 bits per heavy atom. The maximum absolute atomic E-state index is 11.7. The average Bonchev–Trinajstić information content (AvgIpc) is 3.33. The number of primary amides is 1. The Balaban J connectivity index is 1.56. The summed E-state index contributed by atoms with van der Waals surface area (Å²) < 4.78 is 4.02. The van der Waals surface area contributed by atoms with Gasteiger partial charge in [0.2, 0.25) is 0 Å². The van der Waals surface area contributed by atoms with E-state index in [1.165, 1.54) is 0 Å². The van der Waals surface area contributed by atoms with Crippen LogP contribution in [0.5, 0.6) is 0 Å². The fourth-order valence-corrected chi connectivity index (χ4v) is 3.63. The minimum absolute atomic E-state index is 0.218. The second-order valence-electron chi connectivity index (χ2n) is 6.79. The van der Waals surface area contributed by atoms with Gasteiger partial charge in [-0.3, -0.25) is 4.79 Å². The average molecular weight is 366 g/mol. The Bertz CT molecular complexity index is 933. The van der Waals surface area contributed by atoms with Crippen LogP contribution in [0.15, 0.2) is 37.1 Å². The number of piperidine rings is 1. The number of anilines is 1. The Labute approximate surface area is 156 Å². The third-order valence-electron chi connectivity index (χ3n) is 5.02. The molecule has 1 aliphatic rings. The Morgan fingerprint density at radius 3 is 3.00 bits per heavy atom. The number of carbonyl (C=O) groups is 1. The maximum Gasteiger partial charge on any atom is 0.252 e. The number of rotatable bonds is 5. The van der Waals surface area contributed by atoms with Crippen molar-refractivity contribution in [2.24, 2.45) is 12.8 Å². The highest BCUT2D eigenvalue weighted by Crippen LogP contribution is 2.29. The summed E-state index contributed by atoms with van der Waals surface area (Å²) in [6.07, 6.45) is 9.12. The molecule has 1 aliphatic heterocycles. The second-order valence-corrected chi connectivity index (χ2v) is 6.79. The summed E-state index contributed by atoms with van der Waals surface area (Å²) in [5.41, 5.74) is 5.97. The monoisotopic (exact) mass is 366 g/mol. The molecule has 0 bridgehead atoms. The van der Waals surface area contributed by atoms with Crippen molar-refractivity contribution < 1.29 is 4.79 Å². The number of aromatic nitrogens is 6. The zero-order valence-corrected chi connectivity index (χ0v) is 15.2. The number of imidazole rings is 1. The molecule has 140 valence electrons. The summed E-state index contributed by atoms with van der Waals surface area (Å²) in [6, 6.07) is 3.45. The molecular formula is C18H22N8O. The first-order valence-electron chi connectivity index (χ1n) is 8.97. The van der Waals surface area contributed by atoms with Crippen molar-refractivity contribution in [3.63, 3.8) is 0 Å². The molecule has 0 spiro atoms. The summed E-state index contributed by atoms with van der Waals surface area (Å²) in [4.78, 5) is 22.3. The molecule has 0 aromatic carbocycles. The van der Waals surface area contributed by atoms with Crippen molar-refractivity contribution in [2.75, 3.05) is 18.0 Å². The van der Waals surface area contributed by atoms with Crippen LogP contribution in [0.4, 0.5) is 5.82 Å². The second kappa shape index (κ2) is 7.18. The molecule has 0 radical (unpaired) electrons. The first kappa shape index (κ1) is 17.2. The fourth-order valence-electron chi connectivity index (χ4n) is 3.63. The van der Waals surface area contributed by atoms with Crippen LogP contribution >= 0.6 is 0 Å². The molecule has 3 aromatic rings. The number of pyridine rings is 1. The SMILES string of the molecule is Cn1c(Cn2ccnc2)nnc1[C@H]1CCCN(c2ncccc2C(N)=O)C1. The maximum atomic E-state index is 11.7. The predicted molar refractivity (Wildman–Crippen MR) is 99.3 cm³/mol. The van der Waals surface area contributed by atoms with Crippen molar-refractivity contribution in [1.29, 1.82) is 0 Å². The molecule has 2 N–H and O–H groups in total. The van der Waals surface area contributed by atoms with Gasteiger partial charge in [-0.05, 0) is 25.0 Å². The molecule has 3 aromatic heterocycles. The largest absolute Gasteiger partial charge is 0.365 e. The first-order valence-corrected chi connectivity index (χ1v) is 8.97. The van der Waals surface area contributed by atoms with Gasteiger partial charge in [0, 0.05) is 44.6 Å². The zero-order chi connectivity index (χ0) is 18.8. The molecule has 1 saturated heterocycles. The number of hydrogen-bond donors (Lipinski definition) is 1. The van der Waals surface area contributed by atoms with E-state index in [0.717, 1.165) is 37.6 Å². The lowest BCUT2D eigenvalue weighted by atomic mass is 9.96. The van der Waals surface area contributed by atoms with E-state index >= 15 is 0 Å². The van der Waals surface area contributed by atoms with E-state index in [-0.39, 0.29) is 5.92 Å². The lowest BCUT2D eigenvalue weighted by molar-refractivity contribution is 0.100. The van der Waals surface area contributed by atoms with E-state index in [1.54, 1.807) is 30.9 Å². The van der Waals surface area contributed by atoms with E-state index in [0.29, 0.717) is 17.9 Å². The highest BCUT2D eigenvalue weighted by molar-refractivity contribution is 5.97. The minimum Gasteiger partial charge on any atom is -0.365 e. The van der Waals surface area contributed by atoms with Gasteiger partial charge >= 0.3 is 0 Å². The van der Waals surface area contributed by atoms with Gasteiger partial charge in [0.1, 0.15) is 11.6 Å². The Kier molecular flexibility index (Phi) is 4.57. The number of hydrogen-bond acceptors (Lipinski definition) is 6. The van der Waals surface area contributed by atoms with Crippen molar-refractivity contribution in [3.05, 3.63) is 54.3 Å². The molecule has 1 atom stereocenters. The molecular weight excluding hydrogens is 344 g/mol. The predicted octanol–water partition coefficient (Wildman–Crippen LogP) is 0.938. The lowest BCUT2D eigenvalue weighted by Crippen LogP contribution is -2.37. The molecule has 0 unspecified atom stereocenters. The van der Waals surface area contributed by atoms with E-state index in [9.17, 15) is 4.79 Å². The van der Waals surface area contributed by atoms with Gasteiger partial charge in [0.15, 0.2) is 5.82 Å². The molecule has 9 nitrogen and oxygen atoms in total. The van der Waals surface area contributed by atoms with Gasteiger partial charge in [-0.25, -0.2) is 9.97 Å². The van der Waals surface area contributed by atoms with Gasteiger partial charge < -0.3 is 19.8 Å². The fraction of sp³-hybridized carbons (Fsp3) is 0.389. The molecule has 27 heavy (non-hydrogen) atoms. The van der Waals surface area contributed by atoms with Crippen LogP contribution in [-0.2, 0) is 13.6 Å². The molecule has 4 rings (SSSR count). The van der Waals surface area contributed by atoms with Crippen molar-refractivity contribution in [3.8, 4) is 0 Å². The van der Waals surface area contributed by atoms with E-state index in [4.69, 9.17) is 5.73 Å². The summed E-state index contributed by atoms with van der Waals surface area (Å²) >= 11 is 0. The summed E-state index contributed by atoms with van der Waals surface area (Å²) in [6.45, 7) is 2.20. The minimum atomic E-state index is -0.457. The van der Waals surface area contributed by atoms with E-state index in [2.05, 4.69) is 29.6 Å². The van der Waals surface area contributed by atoms with Crippen LogP contribution in [0.2, 0.25) is 0 Å². The number of nitrogens with zero attached hydrogens (tertiary/aromatic N) is 7. The van der Waals surface area contributed by atoms with Crippen LogP contribution in [0.3, 0.4) is 0 Å². The van der Waals surface area contributed by atoms with Crippen LogP contribution < -0.4 is 10.6 Å². The molecule has 4 heterocycles. The van der Waals surface area contributed by atoms with E-state index < -0.39 is 5.91 Å². The molecule has 0 saturated carbocycles. The summed E-state index contributed by atoms with van der Waals surface area (Å²) in [7, 11) is 2.00. The molecule has 1 fully saturated rings. The molecule has 1 amide bonds. The lowest BCUT2D eigenvalue weighted by Gasteiger charge is -2.33. The molecule has 0 aliphatic carbocycles. The smallest absolute Gasteiger partial charge is 0.252 e. The van der Waals surface area contributed by atoms with Crippen molar-refractivity contribution in [2.45, 2.75) is 25.3 Å². The third-order valence-corrected chi connectivity index (χ3v) is 5.02. The van der Waals surface area contributed by atoms with Gasteiger partial charge in [-0.15, -0.1) is 10.2 Å². The highest BCUT2D eigenvalue weighted by atomic mass is 16.1. The van der Waals surface area contributed by atoms with Crippen LogP contribution in [0.1, 0.15) is 40.8 Å². The third kappa shape index (κ3) is 3.40. The van der Waals surface area contributed by atoms with Crippen LogP contribution in [0, 0.1) is 0 Å². The normalized spacial score (nSPS) is 17.2. The Hall–Kier alpha value is -3.23. The quantitative estimate of drug-likeness (QED) is 0.720. The van der Waals surface area contributed by atoms with E-state index in [1.807, 2.05) is 17.8 Å². The number of nitrogens with two attached hydrogens (primary N) is 1. The van der Waals surface area contributed by atoms with Gasteiger partial charge in [0.25, 0.3) is 5.91 Å². The summed E-state index contributed by atoms with van der Waals surface area (Å²) in [5.74, 6) is 2.25. The standard InChI is InChI=1S/C18H22N8O/c1-24-15(11-25-9-7-20-12-25)22-23-17(24)13-4-3-8-26(10-13)18-14(16(19)27)5-2-6-21-18/h2,5-7,9,12-13H,3-4,8,10-11H2,1H3,(H2,19,27)/t13-/m0/s1. The van der Waals surface area contributed by atoms with Gasteiger partial charge in [0.05, 0.1) is 18.4 Å². The first-order chi connectivity index (χ1) is 13.1. The zero-order valence-electron chi connectivity index (χ0n) is 15.2. The van der Waals surface area contributed by atoms with Gasteiger partial charge in [-0.1, -0.05) is 0 Å². The molecule has 9 heteroatoms. The Morgan fingerprint density at radius 2 is 2.22 bits per heavy atom. The topological polar surface area (TPSA) is 108 Å². The van der Waals surface area contributed by atoms with Gasteiger partial charge in [-0.2, -0.15) is 0 Å². The summed E-state index contributed by atoms with van der Waals surface area (Å²) in [5, 5.41) is 8.81. The van der Waals surface area contributed by atoms with Crippen molar-refractivity contribution in [1.82, 2.24) is 29.3 Å².